The van der Waals surface area contributed by atoms with Gasteiger partial charge in [-0.15, -0.1) is 0 Å². The molecule has 0 aromatic carbocycles. The van der Waals surface area contributed by atoms with Crippen LogP contribution in [-0.2, 0) is 28.6 Å². The largest absolute Gasteiger partial charge is 0.462 e. The van der Waals surface area contributed by atoms with Crippen molar-refractivity contribution in [2.24, 2.45) is 11.8 Å². The highest BCUT2D eigenvalue weighted by Crippen LogP contribution is 2.17. The monoisotopic (exact) mass is 765 g/mol. The van der Waals surface area contributed by atoms with Crippen molar-refractivity contribution in [1.29, 1.82) is 0 Å². The smallest absolute Gasteiger partial charge is 0.306 e. The Morgan fingerprint density at radius 1 is 0.389 bits per heavy atom. The third-order valence-electron chi connectivity index (χ3n) is 11.1. The molecule has 0 radical (unpaired) electrons. The number of ether oxygens (including phenoxy) is 3. The molecule has 0 aromatic heterocycles. The Hall–Kier alpha value is -1.59. The van der Waals surface area contributed by atoms with Crippen molar-refractivity contribution in [3.63, 3.8) is 0 Å². The number of carbonyl (C=O) groups excluding carboxylic acids is 3. The second kappa shape index (κ2) is 41.1. The fourth-order valence-electron chi connectivity index (χ4n) is 7.07. The van der Waals surface area contributed by atoms with E-state index in [2.05, 4.69) is 34.6 Å². The van der Waals surface area contributed by atoms with Crippen LogP contribution in [0, 0.1) is 11.8 Å². The van der Waals surface area contributed by atoms with E-state index in [0.29, 0.717) is 19.3 Å². The minimum atomic E-state index is -0.761. The molecule has 0 heterocycles. The topological polar surface area (TPSA) is 78.9 Å². The van der Waals surface area contributed by atoms with Gasteiger partial charge < -0.3 is 14.2 Å². The van der Waals surface area contributed by atoms with Gasteiger partial charge in [0.15, 0.2) is 6.10 Å². The molecule has 54 heavy (non-hydrogen) atoms. The van der Waals surface area contributed by atoms with Crippen LogP contribution in [0.25, 0.3) is 0 Å². The predicted molar refractivity (Wildman–Crippen MR) is 229 cm³/mol. The summed E-state index contributed by atoms with van der Waals surface area (Å²) in [4.78, 5) is 37.7. The Morgan fingerprint density at radius 2 is 0.704 bits per heavy atom. The summed E-state index contributed by atoms with van der Waals surface area (Å²) >= 11 is 0. The van der Waals surface area contributed by atoms with E-state index in [1.807, 2.05) is 0 Å². The molecule has 0 spiro atoms. The summed E-state index contributed by atoms with van der Waals surface area (Å²) in [6, 6.07) is 0. The van der Waals surface area contributed by atoms with Gasteiger partial charge in [-0.25, -0.2) is 0 Å². The SMILES string of the molecule is CCCCCCCCCCCCCCCCCC(=O)OC[C@H](COC(=O)CCCCCCCCCCC(C)C)OC(=O)CCCCCCCCC(C)CC. The van der Waals surface area contributed by atoms with Crippen LogP contribution in [0.4, 0.5) is 0 Å². The zero-order valence-electron chi connectivity index (χ0n) is 36.8. The molecule has 0 bridgehead atoms. The first-order valence-corrected chi connectivity index (χ1v) is 23.8. The zero-order chi connectivity index (χ0) is 39.7. The van der Waals surface area contributed by atoms with Crippen molar-refractivity contribution in [2.45, 2.75) is 265 Å². The van der Waals surface area contributed by atoms with Crippen LogP contribution < -0.4 is 0 Å². The first-order valence-electron chi connectivity index (χ1n) is 23.8. The van der Waals surface area contributed by atoms with Gasteiger partial charge in [-0.3, -0.25) is 14.4 Å². The van der Waals surface area contributed by atoms with Crippen molar-refractivity contribution >= 4 is 17.9 Å². The zero-order valence-corrected chi connectivity index (χ0v) is 36.8. The molecule has 1 unspecified atom stereocenters. The average Bonchev–Trinajstić information content (AvgIpc) is 3.15. The molecule has 0 amide bonds. The molecule has 2 atom stereocenters. The molecule has 320 valence electrons. The number of hydrogen-bond donors (Lipinski definition) is 0. The van der Waals surface area contributed by atoms with Gasteiger partial charge in [0.25, 0.3) is 0 Å². The van der Waals surface area contributed by atoms with Gasteiger partial charge in [0.1, 0.15) is 13.2 Å². The quantitative estimate of drug-likeness (QED) is 0.0350. The van der Waals surface area contributed by atoms with Crippen LogP contribution in [-0.4, -0.2) is 37.2 Å². The highest BCUT2D eigenvalue weighted by atomic mass is 16.6. The summed E-state index contributed by atoms with van der Waals surface area (Å²) in [6.45, 7) is 11.3. The van der Waals surface area contributed by atoms with Crippen LogP contribution in [0.15, 0.2) is 0 Å². The fourth-order valence-corrected chi connectivity index (χ4v) is 7.07. The lowest BCUT2D eigenvalue weighted by atomic mass is 10.00. The minimum Gasteiger partial charge on any atom is -0.462 e. The Morgan fingerprint density at radius 3 is 1.06 bits per heavy atom. The van der Waals surface area contributed by atoms with Crippen LogP contribution in [0.3, 0.4) is 0 Å². The Balaban J connectivity index is 4.30. The molecule has 0 saturated carbocycles. The maximum Gasteiger partial charge on any atom is 0.306 e. The summed E-state index contributed by atoms with van der Waals surface area (Å²) < 4.78 is 16.7. The number of carbonyl (C=O) groups is 3. The Kier molecular flexibility index (Phi) is 39.8. The molecule has 0 aliphatic carbocycles. The third kappa shape index (κ3) is 40.1. The van der Waals surface area contributed by atoms with E-state index in [-0.39, 0.29) is 31.1 Å². The molecule has 0 aliphatic rings. The Labute approximate surface area is 336 Å². The van der Waals surface area contributed by atoms with E-state index < -0.39 is 6.10 Å². The lowest BCUT2D eigenvalue weighted by Gasteiger charge is -2.18. The van der Waals surface area contributed by atoms with Crippen molar-refractivity contribution in [3.8, 4) is 0 Å². The van der Waals surface area contributed by atoms with E-state index in [1.54, 1.807) is 0 Å². The van der Waals surface area contributed by atoms with Gasteiger partial charge >= 0.3 is 17.9 Å². The first-order chi connectivity index (χ1) is 26.3. The summed E-state index contributed by atoms with van der Waals surface area (Å²) in [5.74, 6) is 0.747. The molecule has 0 rings (SSSR count). The maximum atomic E-state index is 12.7. The molecule has 0 aromatic rings. The first kappa shape index (κ1) is 52.4. The Bertz CT molecular complexity index is 826. The minimum absolute atomic E-state index is 0.0655. The van der Waals surface area contributed by atoms with Gasteiger partial charge in [-0.05, 0) is 31.1 Å². The van der Waals surface area contributed by atoms with Crippen LogP contribution in [0.5, 0.6) is 0 Å². The molecule has 0 saturated heterocycles. The molecule has 6 nitrogen and oxygen atoms in total. The van der Waals surface area contributed by atoms with Crippen molar-refractivity contribution < 1.29 is 28.6 Å². The molecule has 0 fully saturated rings. The molecular formula is C48H92O6. The van der Waals surface area contributed by atoms with Crippen LogP contribution in [0.1, 0.15) is 259 Å². The highest BCUT2D eigenvalue weighted by Gasteiger charge is 2.19. The lowest BCUT2D eigenvalue weighted by Crippen LogP contribution is -2.30. The average molecular weight is 765 g/mol. The standard InChI is InChI=1S/C48H92O6/c1-6-8-9-10-11-12-13-14-15-16-17-18-22-28-33-38-46(49)52-41-45(54-48(51)40-35-30-25-24-27-32-37-44(5)7-2)42-53-47(50)39-34-29-23-20-19-21-26-31-36-43(3)4/h43-45H,6-42H2,1-5H3/t44?,45-/m1/s1. The van der Waals surface area contributed by atoms with Gasteiger partial charge in [-0.1, -0.05) is 221 Å². The molecule has 0 N–H and O–H groups in total. The number of hydrogen-bond acceptors (Lipinski definition) is 6. The number of rotatable bonds is 42. The van der Waals surface area contributed by atoms with Gasteiger partial charge in [0.05, 0.1) is 0 Å². The number of esters is 3. The van der Waals surface area contributed by atoms with Gasteiger partial charge in [-0.2, -0.15) is 0 Å². The maximum absolute atomic E-state index is 12.7. The van der Waals surface area contributed by atoms with Crippen LogP contribution in [0.2, 0.25) is 0 Å². The molecule has 6 heteroatoms. The second-order valence-electron chi connectivity index (χ2n) is 17.1. The van der Waals surface area contributed by atoms with Gasteiger partial charge in [0.2, 0.25) is 0 Å². The van der Waals surface area contributed by atoms with Crippen LogP contribution >= 0.6 is 0 Å². The highest BCUT2D eigenvalue weighted by molar-refractivity contribution is 5.71. The van der Waals surface area contributed by atoms with Crippen molar-refractivity contribution in [3.05, 3.63) is 0 Å². The summed E-state index contributed by atoms with van der Waals surface area (Å²) in [7, 11) is 0. The van der Waals surface area contributed by atoms with E-state index in [1.165, 1.54) is 148 Å². The van der Waals surface area contributed by atoms with E-state index in [9.17, 15) is 14.4 Å². The summed E-state index contributed by atoms with van der Waals surface area (Å²) in [5, 5.41) is 0. The second-order valence-corrected chi connectivity index (χ2v) is 17.1. The fraction of sp³-hybridized carbons (Fsp3) is 0.938. The van der Waals surface area contributed by atoms with E-state index in [0.717, 1.165) is 69.6 Å². The van der Waals surface area contributed by atoms with E-state index >= 15 is 0 Å². The van der Waals surface area contributed by atoms with Crippen molar-refractivity contribution in [1.82, 2.24) is 0 Å². The lowest BCUT2D eigenvalue weighted by molar-refractivity contribution is -0.167. The van der Waals surface area contributed by atoms with Gasteiger partial charge in [0, 0.05) is 19.3 Å². The molecular weight excluding hydrogens is 673 g/mol. The summed E-state index contributed by atoms with van der Waals surface area (Å²) in [6.07, 6.45) is 39.5. The number of unbranched alkanes of at least 4 members (excludes halogenated alkanes) is 26. The normalized spacial score (nSPS) is 12.6. The van der Waals surface area contributed by atoms with E-state index in [4.69, 9.17) is 14.2 Å². The van der Waals surface area contributed by atoms with Crippen molar-refractivity contribution in [2.75, 3.05) is 13.2 Å². The third-order valence-corrected chi connectivity index (χ3v) is 11.1. The molecule has 0 aliphatic heterocycles. The summed E-state index contributed by atoms with van der Waals surface area (Å²) in [5.41, 5.74) is 0. The predicted octanol–water partition coefficient (Wildman–Crippen LogP) is 15.0.